The molecule has 2 saturated heterocycles. The number of anilines is 2. The molecule has 5 amide bonds. The van der Waals surface area contributed by atoms with Gasteiger partial charge in [-0.1, -0.05) is 57.7 Å². The summed E-state index contributed by atoms with van der Waals surface area (Å²) >= 11 is 4.71. The highest BCUT2D eigenvalue weighted by Gasteiger charge is 2.33. The Morgan fingerprint density at radius 2 is 1.15 bits per heavy atom. The van der Waals surface area contributed by atoms with Crippen LogP contribution in [-0.4, -0.2) is 82.1 Å². The van der Waals surface area contributed by atoms with Gasteiger partial charge in [0.15, 0.2) is 17.2 Å². The zero-order chi connectivity index (χ0) is 52.8. The topological polar surface area (TPSA) is 307 Å². The van der Waals surface area contributed by atoms with Gasteiger partial charge in [0.05, 0.1) is 12.1 Å². The van der Waals surface area contributed by atoms with Gasteiger partial charge in [0.25, 0.3) is 23.6 Å². The number of amides is 5. The second-order valence-corrected chi connectivity index (χ2v) is 17.3. The molecular weight excluding hydrogens is 952 g/mol. The Balaban J connectivity index is 0.000000219. The minimum absolute atomic E-state index is 0.0272. The van der Waals surface area contributed by atoms with Gasteiger partial charge in [-0.05, 0) is 135 Å². The zero-order valence-corrected chi connectivity index (χ0v) is 41.4. The molecule has 0 spiro atoms. The largest absolute Gasteiger partial charge is 0.364 e. The maximum absolute atomic E-state index is 12.7. The van der Waals surface area contributed by atoms with Crippen molar-refractivity contribution >= 4 is 58.0 Å². The standard InChI is InChI=1S/C26H29N7O3.C23H27N7O2.C3H3ClO/c1-3-16-12-13-29-20(15-16)30-26(36)18-10-8-17(9-11-18)22-23(24(27)35)33(28)25(31-22)19-7-5-6-14-32(19)21(34)4-2;1-2-14-10-12-27-18(13-14)28-23(32)16-8-6-15(7-9-16)19-20(21(24)31)30(25)22(29-19)17-5-3-4-11-26-17;1-2-3(4)5/h4,8-13,15,19H,2-3,5-7,14,28H2,1H3,(H2,27,35)(H,29,30,36);6-10,12-13,17,26H,2-5,11,25H2,1H3,(H2,24,31)(H,27,28,32);2H,1H2/t19-;17-;/m00./s1. The summed E-state index contributed by atoms with van der Waals surface area (Å²) in [4.78, 5) is 91.0. The van der Waals surface area contributed by atoms with E-state index in [0.717, 1.165) is 68.7 Å². The number of carbonyl (C=O) groups excluding carboxylic acids is 6. The number of rotatable bonds is 14. The lowest BCUT2D eigenvalue weighted by Gasteiger charge is -2.34. The number of nitrogens with two attached hydrogens (primary N) is 4. The van der Waals surface area contributed by atoms with Gasteiger partial charge in [-0.15, -0.1) is 0 Å². The van der Waals surface area contributed by atoms with Crippen LogP contribution >= 0.6 is 11.6 Å². The van der Waals surface area contributed by atoms with Crippen LogP contribution in [0.5, 0.6) is 0 Å². The van der Waals surface area contributed by atoms with E-state index in [1.165, 1.54) is 15.4 Å². The molecule has 2 aliphatic heterocycles. The second kappa shape index (κ2) is 25.1. The van der Waals surface area contributed by atoms with Gasteiger partial charge in [0.1, 0.15) is 28.8 Å². The summed E-state index contributed by atoms with van der Waals surface area (Å²) in [6.45, 7) is 12.1. The van der Waals surface area contributed by atoms with Gasteiger partial charge in [-0.25, -0.2) is 29.3 Å². The van der Waals surface area contributed by atoms with Crippen molar-refractivity contribution in [3.05, 3.63) is 156 Å². The summed E-state index contributed by atoms with van der Waals surface area (Å²) in [6.07, 6.45) is 12.8. The molecule has 0 aliphatic carbocycles. The predicted molar refractivity (Wildman–Crippen MR) is 280 cm³/mol. The molecule has 380 valence electrons. The molecule has 21 heteroatoms. The Hall–Kier alpha value is -8.49. The molecule has 6 heterocycles. The number of primary amides is 2. The number of aryl methyl sites for hydroxylation is 2. The Kier molecular flexibility index (Phi) is 18.5. The van der Waals surface area contributed by atoms with Crippen molar-refractivity contribution in [2.75, 3.05) is 35.4 Å². The molecule has 2 aliphatic rings. The Labute approximate surface area is 427 Å². The Morgan fingerprint density at radius 1 is 0.685 bits per heavy atom. The van der Waals surface area contributed by atoms with E-state index in [-0.39, 0.29) is 35.2 Å². The van der Waals surface area contributed by atoms with E-state index < -0.39 is 23.1 Å². The maximum atomic E-state index is 12.7. The van der Waals surface area contributed by atoms with Crippen molar-refractivity contribution < 1.29 is 28.8 Å². The van der Waals surface area contributed by atoms with Crippen LogP contribution in [0.4, 0.5) is 11.6 Å². The van der Waals surface area contributed by atoms with Gasteiger partial charge >= 0.3 is 0 Å². The Morgan fingerprint density at radius 3 is 1.58 bits per heavy atom. The number of nitrogen functional groups attached to an aromatic ring is 2. The summed E-state index contributed by atoms with van der Waals surface area (Å²) < 4.78 is 2.46. The average Bonchev–Trinajstić information content (AvgIpc) is 3.95. The summed E-state index contributed by atoms with van der Waals surface area (Å²) in [7, 11) is 0. The molecule has 2 fully saturated rings. The molecule has 6 aromatic rings. The predicted octanol–water partition coefficient (Wildman–Crippen LogP) is 6.14. The van der Waals surface area contributed by atoms with E-state index in [1.807, 2.05) is 38.1 Å². The lowest BCUT2D eigenvalue weighted by atomic mass is 10.0. The Bertz CT molecular complexity index is 3000. The molecule has 8 rings (SSSR count). The van der Waals surface area contributed by atoms with Crippen LogP contribution < -0.4 is 39.1 Å². The smallest absolute Gasteiger partial charge is 0.269 e. The normalized spacial score (nSPS) is 15.0. The van der Waals surface area contributed by atoms with E-state index in [2.05, 4.69) is 49.0 Å². The van der Waals surface area contributed by atoms with E-state index in [1.54, 1.807) is 65.8 Å². The highest BCUT2D eigenvalue weighted by Crippen LogP contribution is 2.34. The molecule has 0 unspecified atom stereocenters. The number of carbonyl (C=O) groups is 6. The minimum Gasteiger partial charge on any atom is -0.364 e. The van der Waals surface area contributed by atoms with Crippen molar-refractivity contribution in [2.24, 2.45) is 11.5 Å². The summed E-state index contributed by atoms with van der Waals surface area (Å²) in [5, 5.41) is 8.47. The van der Waals surface area contributed by atoms with E-state index >= 15 is 0 Å². The molecule has 73 heavy (non-hydrogen) atoms. The van der Waals surface area contributed by atoms with Crippen molar-refractivity contribution in [3.63, 3.8) is 0 Å². The van der Waals surface area contributed by atoms with Gasteiger partial charge in [0, 0.05) is 41.2 Å². The first-order chi connectivity index (χ1) is 35.1. The number of imidazole rings is 2. The number of allylic oxidation sites excluding steroid dienone is 1. The maximum Gasteiger partial charge on any atom is 0.269 e. The lowest BCUT2D eigenvalue weighted by molar-refractivity contribution is -0.130. The number of nitrogens with zero attached hydrogens (tertiary/aromatic N) is 7. The number of benzene rings is 2. The van der Waals surface area contributed by atoms with Crippen molar-refractivity contribution in [1.29, 1.82) is 0 Å². The number of likely N-dealkylation sites (tertiary alicyclic amines) is 1. The van der Waals surface area contributed by atoms with E-state index in [9.17, 15) is 28.8 Å². The van der Waals surface area contributed by atoms with Crippen LogP contribution in [0.25, 0.3) is 22.5 Å². The number of pyridine rings is 2. The molecular formula is C52H59ClN14O6. The highest BCUT2D eigenvalue weighted by atomic mass is 35.5. The van der Waals surface area contributed by atoms with Crippen LogP contribution in [0.3, 0.4) is 0 Å². The minimum atomic E-state index is -0.743. The summed E-state index contributed by atoms with van der Waals surface area (Å²) in [5.74, 6) is 12.2. The molecule has 0 saturated carbocycles. The summed E-state index contributed by atoms with van der Waals surface area (Å²) in [6, 6.07) is 20.5. The number of halogens is 1. The van der Waals surface area contributed by atoms with Crippen molar-refractivity contribution in [1.82, 2.24) is 39.5 Å². The van der Waals surface area contributed by atoms with Crippen molar-refractivity contribution in [2.45, 2.75) is 77.3 Å². The van der Waals surface area contributed by atoms with Crippen LogP contribution in [0, 0.1) is 0 Å². The molecule has 0 radical (unpaired) electrons. The SMILES string of the molecule is C=CC(=O)Cl.C=CC(=O)N1CCCC[C@H]1c1nc(-c2ccc(C(=O)Nc3cc(CC)ccn3)cc2)c(C(N)=O)n1N.CCc1ccnc(NC(=O)c2ccc(-c3nc([C@@H]4CCCCN4)n(N)c3C(N)=O)cc2)c1. The molecule has 20 nitrogen and oxygen atoms in total. The van der Waals surface area contributed by atoms with Gasteiger partial charge in [0.2, 0.25) is 11.1 Å². The lowest BCUT2D eigenvalue weighted by Crippen LogP contribution is -2.39. The first kappa shape index (κ1) is 53.9. The number of aromatic nitrogens is 6. The third-order valence-corrected chi connectivity index (χ3v) is 12.3. The van der Waals surface area contributed by atoms with Crippen molar-refractivity contribution in [3.8, 4) is 22.5 Å². The van der Waals surface area contributed by atoms with Gasteiger partial charge in [-0.2, -0.15) is 0 Å². The third kappa shape index (κ3) is 13.3. The zero-order valence-electron chi connectivity index (χ0n) is 40.6. The van der Waals surface area contributed by atoms with Gasteiger partial charge < -0.3 is 44.0 Å². The first-order valence-corrected chi connectivity index (χ1v) is 24.0. The highest BCUT2D eigenvalue weighted by molar-refractivity contribution is 6.66. The van der Waals surface area contributed by atoms with E-state index in [0.29, 0.717) is 69.9 Å². The summed E-state index contributed by atoms with van der Waals surface area (Å²) in [5.41, 5.74) is 16.4. The van der Waals surface area contributed by atoms with Crippen LogP contribution in [0.2, 0.25) is 0 Å². The van der Waals surface area contributed by atoms with Crippen LogP contribution in [-0.2, 0) is 22.4 Å². The number of piperidine rings is 2. The average molecular weight is 1010 g/mol. The number of nitrogens with one attached hydrogen (secondary N) is 3. The number of hydrogen-bond donors (Lipinski definition) is 7. The first-order valence-electron chi connectivity index (χ1n) is 23.7. The third-order valence-electron chi connectivity index (χ3n) is 12.2. The van der Waals surface area contributed by atoms with Crippen LogP contribution in [0.15, 0.2) is 111 Å². The monoisotopic (exact) mass is 1010 g/mol. The molecule has 0 bridgehead atoms. The number of hydrogen-bond acceptors (Lipinski definition) is 13. The molecule has 2 aromatic carbocycles. The quantitative estimate of drug-likeness (QED) is 0.0367. The molecule has 2 atom stereocenters. The second-order valence-electron chi connectivity index (χ2n) is 16.9. The van der Waals surface area contributed by atoms with E-state index in [4.69, 9.17) is 34.8 Å². The fourth-order valence-corrected chi connectivity index (χ4v) is 8.37. The fourth-order valence-electron chi connectivity index (χ4n) is 8.37. The van der Waals surface area contributed by atoms with Gasteiger partial charge in [-0.3, -0.25) is 28.8 Å². The molecule has 11 N–H and O–H groups in total. The van der Waals surface area contributed by atoms with Crippen LogP contribution in [0.1, 0.15) is 129 Å². The molecule has 4 aromatic heterocycles. The fraction of sp³-hybridized carbons (Fsp3) is 0.269.